The molecule has 3 N–H and O–H groups in total. The van der Waals surface area contributed by atoms with E-state index in [1.807, 2.05) is 12.1 Å². The minimum Gasteiger partial charge on any atom is -0.384 e. The van der Waals surface area contributed by atoms with Crippen LogP contribution in [0.3, 0.4) is 0 Å². The fraction of sp³-hybridized carbons (Fsp3) is 0.615. The monoisotopic (exact) mass is 221 g/mol. The van der Waals surface area contributed by atoms with E-state index in [4.69, 9.17) is 5.73 Å². The van der Waals surface area contributed by atoms with Crippen LogP contribution in [0.5, 0.6) is 0 Å². The number of hydrogen-bond donors (Lipinski definition) is 2. The molecule has 1 rings (SSSR count). The number of nitrogens with zero attached hydrogens (tertiary/aromatic N) is 1. The number of anilines is 1. The van der Waals surface area contributed by atoms with Crippen LogP contribution in [-0.4, -0.2) is 17.6 Å². The molecule has 90 valence electrons. The molecular weight excluding hydrogens is 198 g/mol. The second-order valence-corrected chi connectivity index (χ2v) is 4.23. The van der Waals surface area contributed by atoms with Gasteiger partial charge in [-0.15, -0.1) is 0 Å². The number of nitrogens with two attached hydrogens (primary N) is 1. The Hall–Kier alpha value is -1.09. The zero-order chi connectivity index (χ0) is 11.8. The van der Waals surface area contributed by atoms with Crippen LogP contribution in [-0.2, 0) is 6.42 Å². The molecule has 1 unspecified atom stereocenters. The first kappa shape index (κ1) is 13.0. The Morgan fingerprint density at radius 1 is 1.38 bits per heavy atom. The summed E-state index contributed by atoms with van der Waals surface area (Å²) < 4.78 is 0. The maximum absolute atomic E-state index is 5.68. The number of hydrogen-bond acceptors (Lipinski definition) is 3. The summed E-state index contributed by atoms with van der Waals surface area (Å²) in [5.41, 5.74) is 6.95. The molecule has 0 aliphatic carbocycles. The molecule has 0 radical (unpaired) electrons. The molecule has 0 fully saturated rings. The molecule has 1 aromatic heterocycles. The first-order valence-corrected chi connectivity index (χ1v) is 6.20. The maximum atomic E-state index is 5.68. The Labute approximate surface area is 98.5 Å². The highest BCUT2D eigenvalue weighted by molar-refractivity contribution is 5.32. The Morgan fingerprint density at radius 3 is 2.81 bits per heavy atom. The minimum atomic E-state index is 0.562. The van der Waals surface area contributed by atoms with E-state index in [0.717, 1.165) is 13.0 Å². The van der Waals surface area contributed by atoms with Gasteiger partial charge in [-0.05, 0) is 43.5 Å². The van der Waals surface area contributed by atoms with Gasteiger partial charge in [0.15, 0.2) is 0 Å². The first-order valence-electron chi connectivity index (χ1n) is 6.20. The third kappa shape index (κ3) is 4.62. The van der Waals surface area contributed by atoms with E-state index in [0.29, 0.717) is 11.9 Å². The Kier molecular flexibility index (Phi) is 5.86. The van der Waals surface area contributed by atoms with Crippen LogP contribution in [0.2, 0.25) is 0 Å². The molecule has 0 aromatic carbocycles. The van der Waals surface area contributed by atoms with Gasteiger partial charge in [-0.3, -0.25) is 0 Å². The second kappa shape index (κ2) is 7.23. The highest BCUT2D eigenvalue weighted by Gasteiger charge is 2.07. The second-order valence-electron chi connectivity index (χ2n) is 4.23. The van der Waals surface area contributed by atoms with Crippen molar-refractivity contribution in [1.82, 2.24) is 10.3 Å². The van der Waals surface area contributed by atoms with E-state index in [-0.39, 0.29) is 0 Å². The van der Waals surface area contributed by atoms with Gasteiger partial charge in [0, 0.05) is 12.2 Å². The first-order chi connectivity index (χ1) is 7.76. The average Bonchev–Trinajstić information content (AvgIpc) is 2.26. The lowest BCUT2D eigenvalue weighted by molar-refractivity contribution is 0.473. The predicted molar refractivity (Wildman–Crippen MR) is 69.3 cm³/mol. The number of pyridine rings is 1. The summed E-state index contributed by atoms with van der Waals surface area (Å²) >= 11 is 0. The molecule has 1 aromatic rings. The Morgan fingerprint density at radius 2 is 2.19 bits per heavy atom. The lowest BCUT2D eigenvalue weighted by Crippen LogP contribution is -2.31. The summed E-state index contributed by atoms with van der Waals surface area (Å²) in [5, 5.41) is 3.58. The molecule has 0 saturated carbocycles. The van der Waals surface area contributed by atoms with Crippen molar-refractivity contribution in [3.05, 3.63) is 23.9 Å². The minimum absolute atomic E-state index is 0.562. The van der Waals surface area contributed by atoms with Gasteiger partial charge in [0.2, 0.25) is 0 Å². The number of aromatic nitrogens is 1. The van der Waals surface area contributed by atoms with Gasteiger partial charge in [0.25, 0.3) is 0 Å². The summed E-state index contributed by atoms with van der Waals surface area (Å²) in [7, 11) is 0. The van der Waals surface area contributed by atoms with Crippen LogP contribution in [0.1, 0.15) is 38.7 Å². The molecule has 1 heterocycles. The molecule has 0 aliphatic heterocycles. The molecule has 0 amide bonds. The van der Waals surface area contributed by atoms with Gasteiger partial charge in [0.05, 0.1) is 0 Å². The summed E-state index contributed by atoms with van der Waals surface area (Å²) in [5.74, 6) is 0.614. The lowest BCUT2D eigenvalue weighted by atomic mass is 10.0. The third-order valence-electron chi connectivity index (χ3n) is 2.65. The van der Waals surface area contributed by atoms with Gasteiger partial charge in [0.1, 0.15) is 5.82 Å². The van der Waals surface area contributed by atoms with Gasteiger partial charge >= 0.3 is 0 Å². The zero-order valence-electron chi connectivity index (χ0n) is 10.4. The van der Waals surface area contributed by atoms with Gasteiger partial charge in [-0.2, -0.15) is 0 Å². The Bertz CT molecular complexity index is 299. The van der Waals surface area contributed by atoms with Crippen LogP contribution in [0, 0.1) is 0 Å². The molecule has 3 heteroatoms. The lowest BCUT2D eigenvalue weighted by Gasteiger charge is -2.17. The van der Waals surface area contributed by atoms with Crippen LogP contribution in [0.4, 0.5) is 5.82 Å². The van der Waals surface area contributed by atoms with E-state index in [1.165, 1.54) is 24.8 Å². The van der Waals surface area contributed by atoms with Crippen LogP contribution in [0.15, 0.2) is 18.3 Å². The highest BCUT2D eigenvalue weighted by atomic mass is 14.9. The molecule has 3 nitrogen and oxygen atoms in total. The van der Waals surface area contributed by atoms with Crippen LogP contribution < -0.4 is 11.1 Å². The summed E-state index contributed by atoms with van der Waals surface area (Å²) in [6, 6.07) is 4.58. The third-order valence-corrected chi connectivity index (χ3v) is 2.65. The predicted octanol–water partition coefficient (Wildman–Crippen LogP) is 2.37. The van der Waals surface area contributed by atoms with E-state index >= 15 is 0 Å². The van der Waals surface area contributed by atoms with Gasteiger partial charge < -0.3 is 11.1 Å². The molecule has 16 heavy (non-hydrogen) atoms. The summed E-state index contributed by atoms with van der Waals surface area (Å²) in [4.78, 5) is 4.01. The van der Waals surface area contributed by atoms with Crippen molar-refractivity contribution in [2.24, 2.45) is 0 Å². The largest absolute Gasteiger partial charge is 0.384 e. The maximum Gasteiger partial charge on any atom is 0.123 e. The van der Waals surface area contributed by atoms with Crippen molar-refractivity contribution >= 4 is 5.82 Å². The average molecular weight is 221 g/mol. The summed E-state index contributed by atoms with van der Waals surface area (Å²) in [6.45, 7) is 5.51. The highest BCUT2D eigenvalue weighted by Crippen LogP contribution is 2.09. The van der Waals surface area contributed by atoms with Crippen molar-refractivity contribution < 1.29 is 0 Å². The normalized spacial score (nSPS) is 12.6. The van der Waals surface area contributed by atoms with Gasteiger partial charge in [-0.25, -0.2) is 4.98 Å². The smallest absolute Gasteiger partial charge is 0.123 e. The van der Waals surface area contributed by atoms with Crippen LogP contribution >= 0.6 is 0 Å². The molecule has 0 aliphatic rings. The van der Waals surface area contributed by atoms with Crippen molar-refractivity contribution in [2.45, 2.75) is 45.6 Å². The molecule has 1 atom stereocenters. The van der Waals surface area contributed by atoms with Crippen LogP contribution in [0.25, 0.3) is 0 Å². The van der Waals surface area contributed by atoms with Crippen molar-refractivity contribution in [3.8, 4) is 0 Å². The van der Waals surface area contributed by atoms with Crippen molar-refractivity contribution in [3.63, 3.8) is 0 Å². The molecule has 0 saturated heterocycles. The van der Waals surface area contributed by atoms with Crippen molar-refractivity contribution in [2.75, 3.05) is 12.3 Å². The fourth-order valence-corrected chi connectivity index (χ4v) is 1.88. The van der Waals surface area contributed by atoms with E-state index in [9.17, 15) is 0 Å². The van der Waals surface area contributed by atoms with Gasteiger partial charge in [-0.1, -0.05) is 20.3 Å². The number of rotatable bonds is 7. The molecular formula is C13H23N3. The quantitative estimate of drug-likeness (QED) is 0.743. The van der Waals surface area contributed by atoms with E-state index < -0.39 is 0 Å². The molecule has 0 bridgehead atoms. The standard InChI is InChI=1S/C13H23N3/c1-3-5-12(15-7-4-2)9-11-6-8-16-13(14)10-11/h6,8,10,12,15H,3-5,7,9H2,1-2H3,(H2,14,16). The van der Waals surface area contributed by atoms with E-state index in [1.54, 1.807) is 6.20 Å². The number of nitrogen functional groups attached to an aromatic ring is 1. The topological polar surface area (TPSA) is 50.9 Å². The van der Waals surface area contributed by atoms with E-state index in [2.05, 4.69) is 24.1 Å². The summed E-state index contributed by atoms with van der Waals surface area (Å²) in [6.07, 6.45) is 6.43. The SMILES string of the molecule is CCCNC(CCC)Cc1ccnc(N)c1. The zero-order valence-corrected chi connectivity index (χ0v) is 10.4. The Balaban J connectivity index is 2.52. The number of nitrogens with one attached hydrogen (secondary N) is 1. The fourth-order valence-electron chi connectivity index (χ4n) is 1.88. The molecule has 0 spiro atoms. The van der Waals surface area contributed by atoms with Crippen molar-refractivity contribution in [1.29, 1.82) is 0 Å².